The van der Waals surface area contributed by atoms with E-state index in [1.165, 1.54) is 12.1 Å². The lowest BCUT2D eigenvalue weighted by atomic mass is 10.1. The SMILES string of the molecule is O=C(Nc1ccc(O)cc1)c1ccc(N2CCN(C(=O)OCc3cc(Cl)ccc3Cl)CC2)cc1. The van der Waals surface area contributed by atoms with Crippen molar-refractivity contribution in [2.75, 3.05) is 36.4 Å². The largest absolute Gasteiger partial charge is 0.508 e. The number of halogens is 2. The van der Waals surface area contributed by atoms with Crippen LogP contribution in [0.25, 0.3) is 0 Å². The molecule has 9 heteroatoms. The maximum Gasteiger partial charge on any atom is 0.410 e. The number of nitrogens with zero attached hydrogens (tertiary/aromatic N) is 2. The zero-order valence-electron chi connectivity index (χ0n) is 18.2. The Bertz CT molecular complexity index is 1160. The highest BCUT2D eigenvalue weighted by Crippen LogP contribution is 2.23. The molecule has 2 N–H and O–H groups in total. The summed E-state index contributed by atoms with van der Waals surface area (Å²) in [6.07, 6.45) is -0.392. The number of rotatable bonds is 5. The number of carbonyl (C=O) groups excluding carboxylic acids is 2. The van der Waals surface area contributed by atoms with Gasteiger partial charge in [0.2, 0.25) is 0 Å². The number of amides is 2. The topological polar surface area (TPSA) is 82.1 Å². The molecule has 3 aromatic rings. The second-order valence-corrected chi connectivity index (χ2v) is 8.66. The van der Waals surface area contributed by atoms with Gasteiger partial charge in [0.1, 0.15) is 12.4 Å². The number of aromatic hydroxyl groups is 1. The van der Waals surface area contributed by atoms with Gasteiger partial charge in [-0.1, -0.05) is 23.2 Å². The number of piperazine rings is 1. The van der Waals surface area contributed by atoms with Gasteiger partial charge in [-0.05, 0) is 66.7 Å². The molecule has 3 aromatic carbocycles. The molecule has 0 spiro atoms. The molecule has 0 atom stereocenters. The third-order valence-corrected chi connectivity index (χ3v) is 6.12. The minimum atomic E-state index is -0.392. The molecule has 0 aromatic heterocycles. The smallest absolute Gasteiger partial charge is 0.410 e. The molecule has 0 aliphatic carbocycles. The highest BCUT2D eigenvalue weighted by molar-refractivity contribution is 6.33. The number of hydrogen-bond acceptors (Lipinski definition) is 5. The average Bonchev–Trinajstić information content (AvgIpc) is 2.86. The van der Waals surface area contributed by atoms with E-state index < -0.39 is 6.09 Å². The van der Waals surface area contributed by atoms with Gasteiger partial charge in [-0.2, -0.15) is 0 Å². The van der Waals surface area contributed by atoms with Crippen molar-refractivity contribution in [1.82, 2.24) is 4.90 Å². The van der Waals surface area contributed by atoms with Crippen LogP contribution in [0.2, 0.25) is 10.0 Å². The third-order valence-electron chi connectivity index (χ3n) is 5.52. The molecule has 0 bridgehead atoms. The lowest BCUT2D eigenvalue weighted by Crippen LogP contribution is -2.48. The normalized spacial score (nSPS) is 13.5. The van der Waals surface area contributed by atoms with E-state index in [1.54, 1.807) is 47.4 Å². The number of benzene rings is 3. The highest BCUT2D eigenvalue weighted by Gasteiger charge is 2.23. The number of hydrogen-bond donors (Lipinski definition) is 2. The zero-order valence-corrected chi connectivity index (χ0v) is 19.7. The van der Waals surface area contributed by atoms with E-state index in [9.17, 15) is 14.7 Å². The standard InChI is InChI=1S/C25H23Cl2N3O4/c26-19-3-10-23(27)18(15-19)16-34-25(33)30-13-11-29(12-14-30)21-6-1-17(2-7-21)24(32)28-20-4-8-22(31)9-5-20/h1-10,15,31H,11-14,16H2,(H,28,32). The number of carbonyl (C=O) groups is 2. The van der Waals surface area contributed by atoms with Crippen LogP contribution in [0.15, 0.2) is 66.7 Å². The van der Waals surface area contributed by atoms with Crippen LogP contribution in [-0.4, -0.2) is 48.2 Å². The monoisotopic (exact) mass is 499 g/mol. The summed E-state index contributed by atoms with van der Waals surface area (Å²) in [7, 11) is 0. The van der Waals surface area contributed by atoms with Crippen molar-refractivity contribution < 1.29 is 19.4 Å². The molecule has 1 aliphatic heterocycles. The van der Waals surface area contributed by atoms with E-state index in [1.807, 2.05) is 12.1 Å². The molecule has 7 nitrogen and oxygen atoms in total. The van der Waals surface area contributed by atoms with Gasteiger partial charge in [-0.15, -0.1) is 0 Å². The Morgan fingerprint density at radius 3 is 2.26 bits per heavy atom. The molecule has 34 heavy (non-hydrogen) atoms. The Morgan fingerprint density at radius 2 is 1.59 bits per heavy atom. The van der Waals surface area contributed by atoms with Crippen molar-refractivity contribution in [3.63, 3.8) is 0 Å². The van der Waals surface area contributed by atoms with Gasteiger partial charge in [-0.25, -0.2) is 4.79 Å². The van der Waals surface area contributed by atoms with Crippen molar-refractivity contribution in [3.05, 3.63) is 87.9 Å². The third kappa shape index (κ3) is 5.92. The lowest BCUT2D eigenvalue weighted by Gasteiger charge is -2.35. The Hall–Kier alpha value is -3.42. The van der Waals surface area contributed by atoms with Gasteiger partial charge in [0.15, 0.2) is 0 Å². The van der Waals surface area contributed by atoms with Gasteiger partial charge in [0.25, 0.3) is 5.91 Å². The van der Waals surface area contributed by atoms with Gasteiger partial charge >= 0.3 is 6.09 Å². The molecule has 4 rings (SSSR count). The minimum Gasteiger partial charge on any atom is -0.508 e. The van der Waals surface area contributed by atoms with Crippen LogP contribution >= 0.6 is 23.2 Å². The molecule has 0 saturated carbocycles. The minimum absolute atomic E-state index is 0.0616. The van der Waals surface area contributed by atoms with E-state index in [-0.39, 0.29) is 18.3 Å². The highest BCUT2D eigenvalue weighted by atomic mass is 35.5. The Kier molecular flexibility index (Phi) is 7.45. The predicted molar refractivity (Wildman–Crippen MR) is 133 cm³/mol. The van der Waals surface area contributed by atoms with Crippen molar-refractivity contribution >= 4 is 46.6 Å². The summed E-state index contributed by atoms with van der Waals surface area (Å²) in [6, 6.07) is 18.6. The molecule has 0 unspecified atom stereocenters. The first-order chi connectivity index (χ1) is 16.4. The van der Waals surface area contributed by atoms with Gasteiger partial charge in [0, 0.05) is 58.7 Å². The quantitative estimate of drug-likeness (QED) is 0.458. The van der Waals surface area contributed by atoms with Crippen LogP contribution in [0.3, 0.4) is 0 Å². The molecular formula is C25H23Cl2N3O4. The fourth-order valence-electron chi connectivity index (χ4n) is 3.60. The molecule has 176 valence electrons. The van der Waals surface area contributed by atoms with E-state index in [0.717, 1.165) is 5.69 Å². The summed E-state index contributed by atoms with van der Waals surface area (Å²) in [4.78, 5) is 28.7. The van der Waals surface area contributed by atoms with Crippen LogP contribution < -0.4 is 10.2 Å². The van der Waals surface area contributed by atoms with Crippen molar-refractivity contribution in [1.29, 1.82) is 0 Å². The van der Waals surface area contributed by atoms with Crippen LogP contribution in [0, 0.1) is 0 Å². The summed E-state index contributed by atoms with van der Waals surface area (Å²) in [5, 5.41) is 13.2. The van der Waals surface area contributed by atoms with Crippen molar-refractivity contribution in [2.45, 2.75) is 6.61 Å². The van der Waals surface area contributed by atoms with Gasteiger partial charge in [-0.3, -0.25) is 4.79 Å². The summed E-state index contributed by atoms with van der Waals surface area (Å²) < 4.78 is 5.41. The van der Waals surface area contributed by atoms with E-state index in [0.29, 0.717) is 53.0 Å². The van der Waals surface area contributed by atoms with E-state index in [2.05, 4.69) is 10.2 Å². The van der Waals surface area contributed by atoms with Crippen LogP contribution in [0.5, 0.6) is 5.75 Å². The molecule has 0 radical (unpaired) electrons. The number of phenols is 1. The number of anilines is 2. The first kappa shape index (κ1) is 23.7. The Morgan fingerprint density at radius 1 is 0.912 bits per heavy atom. The summed E-state index contributed by atoms with van der Waals surface area (Å²) in [5.74, 6) is -0.0918. The predicted octanol–water partition coefficient (Wildman–Crippen LogP) is 5.41. The number of ether oxygens (including phenoxy) is 1. The van der Waals surface area contributed by atoms with Crippen molar-refractivity contribution in [2.24, 2.45) is 0 Å². The van der Waals surface area contributed by atoms with Gasteiger partial charge in [0.05, 0.1) is 0 Å². The number of phenolic OH excluding ortho intramolecular Hbond substituents is 1. The summed E-state index contributed by atoms with van der Waals surface area (Å²) in [6.45, 7) is 2.39. The molecule has 1 aliphatic rings. The maximum atomic E-state index is 12.4. The average molecular weight is 500 g/mol. The fourth-order valence-corrected chi connectivity index (χ4v) is 3.97. The molecule has 1 fully saturated rings. The number of nitrogens with one attached hydrogen (secondary N) is 1. The van der Waals surface area contributed by atoms with E-state index in [4.69, 9.17) is 27.9 Å². The van der Waals surface area contributed by atoms with Gasteiger partial charge < -0.3 is 25.0 Å². The Labute approximate surface area is 207 Å². The molecule has 1 saturated heterocycles. The first-order valence-electron chi connectivity index (χ1n) is 10.7. The summed E-state index contributed by atoms with van der Waals surface area (Å²) >= 11 is 12.1. The van der Waals surface area contributed by atoms with Crippen LogP contribution in [0.4, 0.5) is 16.2 Å². The molecule has 2 amide bonds. The lowest BCUT2D eigenvalue weighted by molar-refractivity contribution is 0.0941. The zero-order chi connectivity index (χ0) is 24.1. The second-order valence-electron chi connectivity index (χ2n) is 7.81. The Balaban J connectivity index is 1.27. The molecular weight excluding hydrogens is 477 g/mol. The molecule has 1 heterocycles. The van der Waals surface area contributed by atoms with Crippen LogP contribution in [0.1, 0.15) is 15.9 Å². The fraction of sp³-hybridized carbons (Fsp3) is 0.200. The summed E-state index contributed by atoms with van der Waals surface area (Å²) in [5.41, 5.74) is 2.77. The maximum absolute atomic E-state index is 12.4. The first-order valence-corrected chi connectivity index (χ1v) is 11.5. The van der Waals surface area contributed by atoms with E-state index >= 15 is 0 Å². The van der Waals surface area contributed by atoms with Crippen molar-refractivity contribution in [3.8, 4) is 5.75 Å². The second kappa shape index (κ2) is 10.7. The van der Waals surface area contributed by atoms with Crippen LogP contribution in [-0.2, 0) is 11.3 Å².